The zero-order valence-electron chi connectivity index (χ0n) is 19.6. The van der Waals surface area contributed by atoms with Crippen molar-refractivity contribution >= 4 is 23.2 Å². The van der Waals surface area contributed by atoms with E-state index < -0.39 is 0 Å². The van der Waals surface area contributed by atoms with Crippen LogP contribution in [0.25, 0.3) is 0 Å². The first kappa shape index (κ1) is 23.6. The van der Waals surface area contributed by atoms with Crippen LogP contribution in [0, 0.1) is 0 Å². The summed E-state index contributed by atoms with van der Waals surface area (Å²) in [4.78, 5) is 18.1. The molecule has 0 unspecified atom stereocenters. The number of anilines is 2. The molecule has 2 aliphatic rings. The normalized spacial score (nSPS) is 19.8. The van der Waals surface area contributed by atoms with Crippen molar-refractivity contribution in [3.8, 4) is 0 Å². The molecule has 1 aromatic heterocycles. The van der Waals surface area contributed by atoms with E-state index in [0.717, 1.165) is 61.1 Å². The lowest BCUT2D eigenvalue weighted by Crippen LogP contribution is -2.39. The monoisotopic (exact) mass is 433 g/mol. The Hall–Kier alpha value is -3.03. The lowest BCUT2D eigenvalue weighted by Gasteiger charge is -2.30. The van der Waals surface area contributed by atoms with E-state index in [1.54, 1.807) is 13.2 Å². The number of pyridine rings is 1. The number of likely N-dealkylation sites (tertiary alicyclic amines) is 1. The highest BCUT2D eigenvalue weighted by Gasteiger charge is 2.31. The van der Waals surface area contributed by atoms with Gasteiger partial charge < -0.3 is 11.5 Å². The Morgan fingerprint density at radius 3 is 2.41 bits per heavy atom. The third-order valence-electron chi connectivity index (χ3n) is 5.68. The number of nitrogens with zero attached hydrogens (tertiary/aromatic N) is 5. The molecule has 0 bridgehead atoms. The summed E-state index contributed by atoms with van der Waals surface area (Å²) in [7, 11) is 1.78. The predicted molar refractivity (Wildman–Crippen MR) is 135 cm³/mol. The molecule has 0 aliphatic carbocycles. The van der Waals surface area contributed by atoms with E-state index in [-0.39, 0.29) is 0 Å². The van der Waals surface area contributed by atoms with Crippen molar-refractivity contribution in [1.29, 1.82) is 0 Å². The summed E-state index contributed by atoms with van der Waals surface area (Å²) < 4.78 is 0. The fraction of sp³-hybridized carbons (Fsp3) is 0.400. The van der Waals surface area contributed by atoms with Crippen LogP contribution in [0.1, 0.15) is 44.7 Å². The standard InChI is InChI=1S/C23H29N7.C2H6/c1-3-20-23(26-2)30(22(28-20)19-5-4-12-27-21(19)25)18-8-6-16(7-9-18)15-29-13-10-17(24)11-14-29;1-2/h3-9,12,17H,10-11,13-15,24H2,1-2H3,(H2,25,27);1-2H3/b20-3+,26-23?;. The zero-order chi connectivity index (χ0) is 23.1. The van der Waals surface area contributed by atoms with Crippen LogP contribution in [-0.4, -0.2) is 47.7 Å². The lowest BCUT2D eigenvalue weighted by atomic mass is 10.1. The van der Waals surface area contributed by atoms with E-state index in [0.29, 0.717) is 11.9 Å². The van der Waals surface area contributed by atoms with Crippen LogP contribution in [0.15, 0.2) is 64.4 Å². The van der Waals surface area contributed by atoms with Crippen LogP contribution in [0.3, 0.4) is 0 Å². The summed E-state index contributed by atoms with van der Waals surface area (Å²) in [5.41, 5.74) is 16.1. The van der Waals surface area contributed by atoms with Crippen LogP contribution in [0.4, 0.5) is 11.5 Å². The Bertz CT molecular complexity index is 984. The predicted octanol–water partition coefficient (Wildman–Crippen LogP) is 3.81. The number of nitrogen functional groups attached to an aromatic ring is 1. The van der Waals surface area contributed by atoms with E-state index in [4.69, 9.17) is 16.5 Å². The summed E-state index contributed by atoms with van der Waals surface area (Å²) in [6.07, 6.45) is 5.79. The highest BCUT2D eigenvalue weighted by atomic mass is 15.3. The fourth-order valence-electron chi connectivity index (χ4n) is 3.99. The number of benzene rings is 1. The van der Waals surface area contributed by atoms with Crippen molar-refractivity contribution in [3.63, 3.8) is 0 Å². The second-order valence-corrected chi connectivity index (χ2v) is 7.71. The summed E-state index contributed by atoms with van der Waals surface area (Å²) >= 11 is 0. The highest BCUT2D eigenvalue weighted by molar-refractivity contribution is 6.34. The van der Waals surface area contributed by atoms with Crippen LogP contribution in [0.2, 0.25) is 0 Å². The molecule has 0 saturated carbocycles. The Morgan fingerprint density at radius 2 is 1.81 bits per heavy atom. The van der Waals surface area contributed by atoms with E-state index in [2.05, 4.69) is 39.1 Å². The molecule has 3 heterocycles. The SMILES string of the molecule is C/C=C1/N=C(c2cccnc2N)N(c2ccc(CN3CCC(N)CC3)cc2)C1=NC.CC. The van der Waals surface area contributed by atoms with Gasteiger partial charge in [0.2, 0.25) is 0 Å². The summed E-state index contributed by atoms with van der Waals surface area (Å²) in [5.74, 6) is 1.99. The second kappa shape index (κ2) is 11.0. The van der Waals surface area contributed by atoms with Crippen molar-refractivity contribution in [2.45, 2.75) is 46.2 Å². The van der Waals surface area contributed by atoms with Gasteiger partial charge >= 0.3 is 0 Å². The zero-order valence-corrected chi connectivity index (χ0v) is 19.6. The molecular formula is C25H35N7. The number of hydrogen-bond donors (Lipinski definition) is 2. The molecule has 170 valence electrons. The molecule has 0 atom stereocenters. The molecule has 4 rings (SSSR count). The molecule has 7 nitrogen and oxygen atoms in total. The van der Waals surface area contributed by atoms with Gasteiger partial charge in [-0.3, -0.25) is 14.8 Å². The maximum absolute atomic E-state index is 6.16. The summed E-state index contributed by atoms with van der Waals surface area (Å²) in [6.45, 7) is 9.02. The van der Waals surface area contributed by atoms with Gasteiger partial charge in [0.15, 0.2) is 11.7 Å². The molecule has 0 radical (unpaired) electrons. The number of hydrogen-bond acceptors (Lipinski definition) is 6. The van der Waals surface area contributed by atoms with Gasteiger partial charge in [0.1, 0.15) is 11.5 Å². The first-order chi connectivity index (χ1) is 15.6. The van der Waals surface area contributed by atoms with Gasteiger partial charge in [0, 0.05) is 31.5 Å². The van der Waals surface area contributed by atoms with Gasteiger partial charge in [-0.1, -0.05) is 32.1 Å². The van der Waals surface area contributed by atoms with E-state index >= 15 is 0 Å². The number of nitrogens with two attached hydrogens (primary N) is 2. The third kappa shape index (κ3) is 5.06. The van der Waals surface area contributed by atoms with Crippen LogP contribution in [0.5, 0.6) is 0 Å². The van der Waals surface area contributed by atoms with E-state index in [1.807, 2.05) is 43.9 Å². The summed E-state index contributed by atoms with van der Waals surface area (Å²) in [5, 5.41) is 0. The van der Waals surface area contributed by atoms with Crippen LogP contribution in [-0.2, 0) is 6.54 Å². The van der Waals surface area contributed by atoms with Crippen molar-refractivity contribution in [2.75, 3.05) is 30.8 Å². The first-order valence-corrected chi connectivity index (χ1v) is 11.4. The fourth-order valence-corrected chi connectivity index (χ4v) is 3.99. The van der Waals surface area contributed by atoms with Gasteiger partial charge in [0.25, 0.3) is 0 Å². The number of aliphatic imine (C=N–C) groups is 2. The van der Waals surface area contributed by atoms with E-state index in [1.165, 1.54) is 5.56 Å². The second-order valence-electron chi connectivity index (χ2n) is 7.71. The lowest BCUT2D eigenvalue weighted by molar-refractivity contribution is 0.205. The van der Waals surface area contributed by atoms with E-state index in [9.17, 15) is 0 Å². The number of allylic oxidation sites excluding steroid dienone is 1. The van der Waals surface area contributed by atoms with Crippen molar-refractivity contribution in [3.05, 3.63) is 65.5 Å². The minimum absolute atomic E-state index is 0.351. The Morgan fingerprint density at radius 1 is 1.12 bits per heavy atom. The molecule has 1 saturated heterocycles. The number of amidine groups is 2. The van der Waals surface area contributed by atoms with Gasteiger partial charge in [-0.15, -0.1) is 0 Å². The average Bonchev–Trinajstić information content (AvgIpc) is 3.21. The number of aromatic nitrogens is 1. The summed E-state index contributed by atoms with van der Waals surface area (Å²) in [6, 6.07) is 12.8. The van der Waals surface area contributed by atoms with Crippen LogP contribution >= 0.6 is 0 Å². The smallest absolute Gasteiger partial charge is 0.159 e. The molecule has 2 aliphatic heterocycles. The molecule has 32 heavy (non-hydrogen) atoms. The maximum atomic E-state index is 6.16. The minimum Gasteiger partial charge on any atom is -0.383 e. The quantitative estimate of drug-likeness (QED) is 0.764. The molecule has 4 N–H and O–H groups in total. The number of rotatable bonds is 4. The van der Waals surface area contributed by atoms with Gasteiger partial charge in [0.05, 0.1) is 5.56 Å². The Labute approximate surface area is 191 Å². The van der Waals surface area contributed by atoms with Gasteiger partial charge in [-0.05, 0) is 62.7 Å². The van der Waals surface area contributed by atoms with Gasteiger partial charge in [-0.25, -0.2) is 9.98 Å². The molecule has 0 amide bonds. The third-order valence-corrected chi connectivity index (χ3v) is 5.68. The van der Waals surface area contributed by atoms with Gasteiger partial charge in [-0.2, -0.15) is 0 Å². The van der Waals surface area contributed by atoms with Crippen molar-refractivity contribution < 1.29 is 0 Å². The largest absolute Gasteiger partial charge is 0.383 e. The molecule has 1 aromatic carbocycles. The molecule has 7 heteroatoms. The topological polar surface area (TPSA) is 96.1 Å². The highest BCUT2D eigenvalue weighted by Crippen LogP contribution is 2.29. The average molecular weight is 434 g/mol. The molecule has 0 spiro atoms. The maximum Gasteiger partial charge on any atom is 0.159 e. The number of piperidine rings is 1. The molecule has 2 aromatic rings. The molecular weight excluding hydrogens is 398 g/mol. The molecule has 1 fully saturated rings. The van der Waals surface area contributed by atoms with Crippen molar-refractivity contribution in [2.24, 2.45) is 15.7 Å². The van der Waals surface area contributed by atoms with Crippen molar-refractivity contribution in [1.82, 2.24) is 9.88 Å². The minimum atomic E-state index is 0.351. The van der Waals surface area contributed by atoms with Crippen LogP contribution < -0.4 is 16.4 Å². The Kier molecular flexibility index (Phi) is 8.14. The first-order valence-electron chi connectivity index (χ1n) is 11.4. The Balaban J connectivity index is 0.00000141.